The molecule has 9 nitrogen and oxygen atoms in total. The number of carbonyl (C=O) groups is 4. The molecule has 0 saturated carbocycles. The highest BCUT2D eigenvalue weighted by atomic mass is 32.2. The quantitative estimate of drug-likeness (QED) is 0.479. The molecule has 2 aliphatic heterocycles. The molecule has 3 amide bonds. The van der Waals surface area contributed by atoms with Crippen molar-refractivity contribution in [1.29, 1.82) is 0 Å². The highest BCUT2D eigenvalue weighted by Gasteiger charge is 2.35. The number of cyclic esters (lactones) is 1. The Hall–Kier alpha value is -1.81. The first-order valence-electron chi connectivity index (χ1n) is 6.56. The predicted octanol–water partition coefficient (Wildman–Crippen LogP) is -2.63. The van der Waals surface area contributed by atoms with E-state index in [4.69, 9.17) is 5.73 Å². The van der Waals surface area contributed by atoms with Gasteiger partial charge in [0.15, 0.2) is 0 Å². The molecule has 3 unspecified atom stereocenters. The number of amides is 3. The first-order chi connectivity index (χ1) is 10.4. The summed E-state index contributed by atoms with van der Waals surface area (Å²) in [5, 5.41) is 11.3. The van der Waals surface area contributed by atoms with E-state index in [1.165, 1.54) is 23.1 Å². The Labute approximate surface area is 130 Å². The minimum Gasteiger partial charge on any atom is -0.434 e. The summed E-state index contributed by atoms with van der Waals surface area (Å²) in [7, 11) is 0. The van der Waals surface area contributed by atoms with Crippen LogP contribution in [-0.2, 0) is 23.9 Å². The highest BCUT2D eigenvalue weighted by Crippen LogP contribution is 2.18. The van der Waals surface area contributed by atoms with E-state index in [1.54, 1.807) is 0 Å². The van der Waals surface area contributed by atoms with Crippen LogP contribution in [0.5, 0.6) is 0 Å². The van der Waals surface area contributed by atoms with E-state index in [1.807, 2.05) is 0 Å². The second kappa shape index (κ2) is 6.97. The summed E-state index contributed by atoms with van der Waals surface area (Å²) in [5.74, 6) is -1.75. The van der Waals surface area contributed by atoms with Gasteiger partial charge in [-0.2, -0.15) is 0 Å². The minimum absolute atomic E-state index is 0.0331. The molecule has 2 heterocycles. The molecule has 2 fully saturated rings. The molecule has 0 aliphatic carbocycles. The van der Waals surface area contributed by atoms with Crippen molar-refractivity contribution in [2.45, 2.75) is 24.0 Å². The maximum Gasteiger partial charge on any atom is 0.310 e. The molecule has 4 N–H and O–H groups in total. The summed E-state index contributed by atoms with van der Waals surface area (Å²) in [6.07, 6.45) is -0.151. The Balaban J connectivity index is 1.92. The van der Waals surface area contributed by atoms with E-state index >= 15 is 0 Å². The molecule has 0 bridgehead atoms. The van der Waals surface area contributed by atoms with Crippen molar-refractivity contribution in [3.05, 3.63) is 6.42 Å². The van der Waals surface area contributed by atoms with Gasteiger partial charge in [-0.3, -0.25) is 19.2 Å². The van der Waals surface area contributed by atoms with Crippen molar-refractivity contribution < 1.29 is 29.0 Å². The van der Waals surface area contributed by atoms with Gasteiger partial charge in [-0.05, 0) is 0 Å². The third-order valence-corrected chi connectivity index (χ3v) is 4.38. The highest BCUT2D eigenvalue weighted by molar-refractivity contribution is 8.00. The van der Waals surface area contributed by atoms with Crippen LogP contribution in [0.25, 0.3) is 0 Å². The van der Waals surface area contributed by atoms with E-state index in [-0.39, 0.29) is 25.4 Å². The average Bonchev–Trinajstić information content (AvgIpc) is 2.62. The Kier molecular flexibility index (Phi) is 5.24. The summed E-state index contributed by atoms with van der Waals surface area (Å²) in [5.41, 5.74) is 5.24. The summed E-state index contributed by atoms with van der Waals surface area (Å²) in [6.45, 7) is -0.261. The number of esters is 1. The number of carbonyl (C=O) groups excluding carboxylic acids is 4. The fraction of sp³-hybridized carbons (Fsp3) is 0.583. The standard InChI is InChI=1S/C12H16N3O6S/c13-11(19)7-4-15(9(17)1-2-22-7)5-8(16)14-6-3-10(18)21-12(6)20/h1,6-7,12,20H,2-5H2,(H2,13,19)(H,14,16). The zero-order valence-corrected chi connectivity index (χ0v) is 12.4. The van der Waals surface area contributed by atoms with Gasteiger partial charge in [0.05, 0.1) is 19.4 Å². The number of aliphatic hydroxyl groups is 1. The van der Waals surface area contributed by atoms with Crippen molar-refractivity contribution in [2.75, 3.05) is 18.8 Å². The molecule has 3 atom stereocenters. The molecule has 0 aromatic heterocycles. The number of rotatable bonds is 4. The van der Waals surface area contributed by atoms with E-state index in [0.29, 0.717) is 5.75 Å². The van der Waals surface area contributed by atoms with Crippen molar-refractivity contribution in [3.63, 3.8) is 0 Å². The third kappa shape index (κ3) is 4.10. The lowest BCUT2D eigenvalue weighted by Gasteiger charge is -2.23. The summed E-state index contributed by atoms with van der Waals surface area (Å²) in [6, 6.07) is -0.840. The van der Waals surface area contributed by atoms with E-state index in [2.05, 4.69) is 10.1 Å². The van der Waals surface area contributed by atoms with Crippen LogP contribution >= 0.6 is 11.8 Å². The van der Waals surface area contributed by atoms with Crippen LogP contribution in [0, 0.1) is 6.42 Å². The van der Waals surface area contributed by atoms with Crippen LogP contribution in [0.1, 0.15) is 6.42 Å². The van der Waals surface area contributed by atoms with E-state index in [0.717, 1.165) is 0 Å². The number of aliphatic hydroxyl groups excluding tert-OH is 1. The van der Waals surface area contributed by atoms with Gasteiger partial charge in [0.2, 0.25) is 24.0 Å². The molecule has 0 spiro atoms. The number of thioether (sulfide) groups is 1. The number of nitrogens with two attached hydrogens (primary N) is 1. The molecular weight excluding hydrogens is 314 g/mol. The number of ether oxygens (including phenoxy) is 1. The van der Waals surface area contributed by atoms with E-state index < -0.39 is 35.4 Å². The van der Waals surface area contributed by atoms with Gasteiger partial charge in [-0.15, -0.1) is 11.8 Å². The number of nitrogens with one attached hydrogen (secondary N) is 1. The van der Waals surface area contributed by atoms with Gasteiger partial charge in [-0.25, -0.2) is 0 Å². The van der Waals surface area contributed by atoms with Gasteiger partial charge in [0.25, 0.3) is 0 Å². The summed E-state index contributed by atoms with van der Waals surface area (Å²) < 4.78 is 4.50. The Morgan fingerprint density at radius 1 is 1.50 bits per heavy atom. The van der Waals surface area contributed by atoms with Crippen LogP contribution in [0.4, 0.5) is 0 Å². The second-order valence-electron chi connectivity index (χ2n) is 4.91. The van der Waals surface area contributed by atoms with E-state index in [9.17, 15) is 24.3 Å². The molecule has 1 radical (unpaired) electrons. The normalized spacial score (nSPS) is 29.0. The van der Waals surface area contributed by atoms with Crippen molar-refractivity contribution in [1.82, 2.24) is 10.2 Å². The predicted molar refractivity (Wildman–Crippen MR) is 75.0 cm³/mol. The Morgan fingerprint density at radius 3 is 2.82 bits per heavy atom. The lowest BCUT2D eigenvalue weighted by molar-refractivity contribution is -0.155. The zero-order chi connectivity index (χ0) is 16.3. The molecular formula is C12H16N3O6S. The van der Waals surface area contributed by atoms with Crippen LogP contribution in [0.3, 0.4) is 0 Å². The first-order valence-corrected chi connectivity index (χ1v) is 7.61. The smallest absolute Gasteiger partial charge is 0.310 e. The van der Waals surface area contributed by atoms with Crippen LogP contribution in [0.15, 0.2) is 0 Å². The average molecular weight is 330 g/mol. The van der Waals surface area contributed by atoms with Crippen LogP contribution in [-0.4, -0.2) is 70.1 Å². The summed E-state index contributed by atoms with van der Waals surface area (Å²) >= 11 is 1.23. The number of nitrogens with zero attached hydrogens (tertiary/aromatic N) is 1. The maximum absolute atomic E-state index is 11.9. The Morgan fingerprint density at radius 2 is 2.23 bits per heavy atom. The topological polar surface area (TPSA) is 139 Å². The number of primary amides is 1. The largest absolute Gasteiger partial charge is 0.434 e. The third-order valence-electron chi connectivity index (χ3n) is 3.23. The lowest BCUT2D eigenvalue weighted by Crippen LogP contribution is -2.48. The minimum atomic E-state index is -1.39. The molecule has 10 heteroatoms. The lowest BCUT2D eigenvalue weighted by atomic mass is 10.2. The molecule has 2 rings (SSSR count). The van der Waals surface area contributed by atoms with Gasteiger partial charge >= 0.3 is 5.97 Å². The Bertz CT molecular complexity index is 499. The summed E-state index contributed by atoms with van der Waals surface area (Å²) in [4.78, 5) is 47.3. The second-order valence-corrected chi connectivity index (χ2v) is 6.14. The van der Waals surface area contributed by atoms with Crippen LogP contribution in [0.2, 0.25) is 0 Å². The van der Waals surface area contributed by atoms with Crippen molar-refractivity contribution >= 4 is 35.5 Å². The molecule has 0 aromatic rings. The van der Waals surface area contributed by atoms with Crippen molar-refractivity contribution in [3.8, 4) is 0 Å². The number of hydrogen-bond donors (Lipinski definition) is 3. The first kappa shape index (κ1) is 16.6. The fourth-order valence-corrected chi connectivity index (χ4v) is 3.04. The molecule has 2 saturated heterocycles. The van der Waals surface area contributed by atoms with Gasteiger partial charge < -0.3 is 25.8 Å². The van der Waals surface area contributed by atoms with Gasteiger partial charge in [0.1, 0.15) is 11.3 Å². The molecule has 121 valence electrons. The zero-order valence-electron chi connectivity index (χ0n) is 11.6. The van der Waals surface area contributed by atoms with Crippen LogP contribution < -0.4 is 11.1 Å². The fourth-order valence-electron chi connectivity index (χ4n) is 2.12. The SMILES string of the molecule is NC(=O)C1CN(CC(=O)NC2CC(=O)OC2O)C(=O)[CH]CS1. The molecule has 2 aliphatic rings. The van der Waals surface area contributed by atoms with Gasteiger partial charge in [-0.1, -0.05) is 0 Å². The number of hydrogen-bond acceptors (Lipinski definition) is 7. The monoisotopic (exact) mass is 330 g/mol. The molecule has 22 heavy (non-hydrogen) atoms. The maximum atomic E-state index is 11.9. The van der Waals surface area contributed by atoms with Crippen molar-refractivity contribution in [2.24, 2.45) is 5.73 Å². The van der Waals surface area contributed by atoms with Gasteiger partial charge in [0, 0.05) is 12.3 Å². The molecule has 0 aromatic carbocycles.